The third-order valence-corrected chi connectivity index (χ3v) is 2.83. The minimum Gasteiger partial charge on any atom is -0.507 e. The first-order chi connectivity index (χ1) is 10.0. The van der Waals surface area contributed by atoms with Crippen LogP contribution in [0.1, 0.15) is 17.2 Å². The molecule has 0 saturated carbocycles. The number of aliphatic hydroxyl groups is 1. The minimum absolute atomic E-state index is 0.209. The molecule has 0 bridgehead atoms. The molecule has 1 atom stereocenters. The molecule has 9 N–H and O–H groups in total. The first-order valence-electron chi connectivity index (χ1n) is 5.58. The number of aliphatic imine (C=N–C) groups is 1. The molecule has 12 heteroatoms. The van der Waals surface area contributed by atoms with Crippen molar-refractivity contribution in [2.45, 2.75) is 12.6 Å². The van der Waals surface area contributed by atoms with Gasteiger partial charge in [-0.2, -0.15) is 0 Å². The lowest BCUT2D eigenvalue weighted by Gasteiger charge is -2.15. The van der Waals surface area contributed by atoms with Gasteiger partial charge in [-0.25, -0.2) is 14.4 Å². The smallest absolute Gasteiger partial charge is 0.507 e. The number of nitrogens with zero attached hydrogens (tertiary/aromatic N) is 1. The fraction of sp³-hybridized carbons (Fsp3) is 0.200. The van der Waals surface area contributed by atoms with Gasteiger partial charge in [-0.1, -0.05) is 0 Å². The number of guanidine groups is 1. The van der Waals surface area contributed by atoms with Crippen molar-refractivity contribution in [2.75, 3.05) is 0 Å². The Hall–Kier alpha value is -2.33. The summed E-state index contributed by atoms with van der Waals surface area (Å²) in [5.74, 6) is -3.25. The standard InChI is InChI=1S/C10H14N3O8P/c11-10(12)13-8(9(17)21-22(18,19)20)4-1-6(15)5(3-14)7(16)2-4/h1-2,8,14-16H,3H2,(H4,11,12,13)(H2,18,19,20)/t8-/m0/s1. The van der Waals surface area contributed by atoms with Crippen LogP contribution in [0.3, 0.4) is 0 Å². The summed E-state index contributed by atoms with van der Waals surface area (Å²) in [6.07, 6.45) is 0. The Morgan fingerprint density at radius 3 is 2.14 bits per heavy atom. The van der Waals surface area contributed by atoms with Crippen molar-refractivity contribution in [3.63, 3.8) is 0 Å². The molecule has 0 aliphatic rings. The molecule has 0 spiro atoms. The van der Waals surface area contributed by atoms with Crippen LogP contribution in [0.2, 0.25) is 0 Å². The zero-order valence-corrected chi connectivity index (χ0v) is 11.8. The van der Waals surface area contributed by atoms with Gasteiger partial charge in [0.2, 0.25) is 0 Å². The lowest BCUT2D eigenvalue weighted by molar-refractivity contribution is -0.137. The second kappa shape index (κ2) is 6.62. The van der Waals surface area contributed by atoms with Crippen molar-refractivity contribution < 1.29 is 39.0 Å². The van der Waals surface area contributed by atoms with E-state index in [-0.39, 0.29) is 11.1 Å². The Bertz CT molecular complexity index is 629. The first kappa shape index (κ1) is 17.7. The summed E-state index contributed by atoms with van der Waals surface area (Å²) >= 11 is 0. The van der Waals surface area contributed by atoms with Gasteiger partial charge in [0.25, 0.3) is 0 Å². The maximum absolute atomic E-state index is 11.7. The first-order valence-corrected chi connectivity index (χ1v) is 7.11. The third-order valence-electron chi connectivity index (χ3n) is 2.41. The van der Waals surface area contributed by atoms with Gasteiger partial charge in [0.1, 0.15) is 11.5 Å². The van der Waals surface area contributed by atoms with Gasteiger partial charge in [-0.3, -0.25) is 9.79 Å². The van der Waals surface area contributed by atoms with Crippen molar-refractivity contribution >= 4 is 19.8 Å². The Kier molecular flexibility index (Phi) is 5.33. The van der Waals surface area contributed by atoms with Crippen LogP contribution in [0.25, 0.3) is 0 Å². The number of phosphoric ester groups is 1. The molecule has 11 nitrogen and oxygen atoms in total. The average Bonchev–Trinajstić information content (AvgIpc) is 2.33. The summed E-state index contributed by atoms with van der Waals surface area (Å²) in [6, 6.07) is 0.134. The van der Waals surface area contributed by atoms with Crippen LogP contribution in [0.4, 0.5) is 0 Å². The summed E-state index contributed by atoms with van der Waals surface area (Å²) in [5, 5.41) is 28.2. The quantitative estimate of drug-likeness (QED) is 0.189. The molecule has 0 radical (unpaired) electrons. The molecule has 0 heterocycles. The molecular formula is C10H14N3O8P. The highest BCUT2D eigenvalue weighted by Crippen LogP contribution is 2.40. The number of nitrogens with two attached hydrogens (primary N) is 2. The molecule has 0 fully saturated rings. The normalized spacial score (nSPS) is 12.5. The molecule has 1 aromatic carbocycles. The van der Waals surface area contributed by atoms with Gasteiger partial charge in [-0.05, 0) is 17.7 Å². The second-order valence-electron chi connectivity index (χ2n) is 4.05. The Labute approximate surface area is 123 Å². The largest absolute Gasteiger partial charge is 0.527 e. The predicted octanol–water partition coefficient (Wildman–Crippen LogP) is -1.46. The fourth-order valence-electron chi connectivity index (χ4n) is 1.56. The Morgan fingerprint density at radius 2 is 1.77 bits per heavy atom. The van der Waals surface area contributed by atoms with Crippen LogP contribution < -0.4 is 11.5 Å². The number of rotatable bonds is 5. The van der Waals surface area contributed by atoms with Crippen LogP contribution in [-0.4, -0.2) is 37.0 Å². The number of aromatic hydroxyl groups is 2. The van der Waals surface area contributed by atoms with Crippen LogP contribution in [-0.2, 0) is 20.5 Å². The minimum atomic E-state index is -5.14. The van der Waals surface area contributed by atoms with Crippen LogP contribution in [0.15, 0.2) is 17.1 Å². The van der Waals surface area contributed by atoms with E-state index in [9.17, 15) is 19.6 Å². The van der Waals surface area contributed by atoms with Crippen LogP contribution in [0, 0.1) is 0 Å². The maximum atomic E-state index is 11.7. The van der Waals surface area contributed by atoms with E-state index in [0.717, 1.165) is 12.1 Å². The van der Waals surface area contributed by atoms with E-state index in [4.69, 9.17) is 26.4 Å². The lowest BCUT2D eigenvalue weighted by atomic mass is 10.0. The highest BCUT2D eigenvalue weighted by atomic mass is 31.2. The van der Waals surface area contributed by atoms with Crippen molar-refractivity contribution in [3.8, 4) is 11.5 Å². The number of phosphoric acid groups is 1. The molecule has 0 aromatic heterocycles. The van der Waals surface area contributed by atoms with Crippen molar-refractivity contribution in [3.05, 3.63) is 23.3 Å². The molecule has 0 saturated heterocycles. The van der Waals surface area contributed by atoms with Crippen molar-refractivity contribution in [1.29, 1.82) is 0 Å². The van der Waals surface area contributed by atoms with Crippen molar-refractivity contribution in [1.82, 2.24) is 0 Å². The van der Waals surface area contributed by atoms with Gasteiger partial charge in [0.15, 0.2) is 12.0 Å². The van der Waals surface area contributed by atoms with E-state index in [1.807, 2.05) is 0 Å². The molecule has 0 amide bonds. The van der Waals surface area contributed by atoms with Gasteiger partial charge in [0.05, 0.1) is 12.2 Å². The number of phenols is 2. The Balaban J connectivity index is 3.32. The van der Waals surface area contributed by atoms with Gasteiger partial charge >= 0.3 is 13.8 Å². The van der Waals surface area contributed by atoms with Gasteiger partial charge in [0, 0.05) is 0 Å². The SMILES string of the molecule is NC(N)=N[C@H](C(=O)OP(=O)(O)O)c1cc(O)c(CO)c(O)c1. The second-order valence-corrected chi connectivity index (χ2v) is 5.22. The third kappa shape index (κ3) is 4.60. The highest BCUT2D eigenvalue weighted by Gasteiger charge is 2.30. The molecule has 0 aliphatic carbocycles. The number of carbonyl (C=O) groups excluding carboxylic acids is 1. The average molecular weight is 335 g/mol. The molecule has 22 heavy (non-hydrogen) atoms. The van der Waals surface area contributed by atoms with E-state index in [2.05, 4.69) is 9.52 Å². The maximum Gasteiger partial charge on any atom is 0.527 e. The number of carbonyl (C=O) groups is 1. The summed E-state index contributed by atoms with van der Waals surface area (Å²) in [5.41, 5.74) is 9.83. The van der Waals surface area contributed by atoms with Crippen LogP contribution in [0.5, 0.6) is 11.5 Å². The van der Waals surface area contributed by atoms with Gasteiger partial charge < -0.3 is 31.3 Å². The summed E-state index contributed by atoms with van der Waals surface area (Å²) in [7, 11) is -5.14. The van der Waals surface area contributed by atoms with E-state index in [1.165, 1.54) is 0 Å². The van der Waals surface area contributed by atoms with Crippen molar-refractivity contribution in [2.24, 2.45) is 16.5 Å². The summed E-state index contributed by atoms with van der Waals surface area (Å²) in [6.45, 7) is -0.683. The zero-order chi connectivity index (χ0) is 17.1. The summed E-state index contributed by atoms with van der Waals surface area (Å²) in [4.78, 5) is 32.4. The fourth-order valence-corrected chi connectivity index (χ4v) is 1.90. The monoisotopic (exact) mass is 335 g/mol. The lowest BCUT2D eigenvalue weighted by Crippen LogP contribution is -2.26. The number of hydrogen-bond acceptors (Lipinski definition) is 7. The van der Waals surface area contributed by atoms with Gasteiger partial charge in [-0.15, -0.1) is 0 Å². The van der Waals surface area contributed by atoms with E-state index in [0.29, 0.717) is 0 Å². The zero-order valence-electron chi connectivity index (χ0n) is 10.9. The molecule has 1 rings (SSSR count). The molecule has 0 aliphatic heterocycles. The van der Waals surface area contributed by atoms with E-state index < -0.39 is 43.9 Å². The molecule has 122 valence electrons. The molecule has 1 aromatic rings. The molecular weight excluding hydrogens is 321 g/mol. The van der Waals surface area contributed by atoms with E-state index >= 15 is 0 Å². The Morgan fingerprint density at radius 1 is 1.27 bits per heavy atom. The van der Waals surface area contributed by atoms with E-state index in [1.54, 1.807) is 0 Å². The number of hydrogen-bond donors (Lipinski definition) is 7. The number of benzene rings is 1. The predicted molar refractivity (Wildman–Crippen MR) is 72.4 cm³/mol. The summed E-state index contributed by atoms with van der Waals surface area (Å²) < 4.78 is 14.6. The highest BCUT2D eigenvalue weighted by molar-refractivity contribution is 7.46. The van der Waals surface area contributed by atoms with Crippen LogP contribution >= 0.6 is 7.82 Å². The molecule has 0 unspecified atom stereocenters. The topological polar surface area (TPSA) is 209 Å². The number of aliphatic hydroxyl groups excluding tert-OH is 1.